The van der Waals surface area contributed by atoms with Crippen LogP contribution in [-0.2, 0) is 6.54 Å². The Morgan fingerprint density at radius 3 is 2.74 bits per heavy atom. The first kappa shape index (κ1) is 13.5. The van der Waals surface area contributed by atoms with E-state index in [9.17, 15) is 4.79 Å². The minimum atomic E-state index is -0.123. The van der Waals surface area contributed by atoms with Crippen molar-refractivity contribution < 1.29 is 0 Å². The van der Waals surface area contributed by atoms with E-state index in [-0.39, 0.29) is 5.56 Å². The van der Waals surface area contributed by atoms with Crippen LogP contribution in [0.3, 0.4) is 0 Å². The molecule has 3 heterocycles. The zero-order chi connectivity index (χ0) is 15.8. The number of nitrogens with one attached hydrogen (secondary N) is 1. The number of fused-ring (bicyclic) bond motifs is 1. The van der Waals surface area contributed by atoms with Crippen molar-refractivity contribution in [1.82, 2.24) is 24.4 Å². The van der Waals surface area contributed by atoms with Gasteiger partial charge in [0.2, 0.25) is 0 Å². The number of nitrogens with zero attached hydrogens (tertiary/aromatic N) is 4. The number of aromatic nitrogens is 5. The molecule has 0 bridgehead atoms. The summed E-state index contributed by atoms with van der Waals surface area (Å²) in [6, 6.07) is 13.3. The summed E-state index contributed by atoms with van der Waals surface area (Å²) in [5, 5.41) is 7.31. The summed E-state index contributed by atoms with van der Waals surface area (Å²) in [5.74, 6) is 0. The first-order valence-corrected chi connectivity index (χ1v) is 7.36. The second-order valence-electron chi connectivity index (χ2n) is 5.43. The highest BCUT2D eigenvalue weighted by molar-refractivity contribution is 5.69. The average molecular weight is 305 g/mol. The molecule has 114 valence electrons. The van der Waals surface area contributed by atoms with Crippen LogP contribution in [0.5, 0.6) is 0 Å². The van der Waals surface area contributed by atoms with Crippen LogP contribution in [0.4, 0.5) is 0 Å². The molecule has 0 saturated carbocycles. The Kier molecular flexibility index (Phi) is 3.08. The summed E-state index contributed by atoms with van der Waals surface area (Å²) in [7, 11) is 0. The monoisotopic (exact) mass is 305 g/mol. The lowest BCUT2D eigenvalue weighted by Crippen LogP contribution is -2.17. The highest BCUT2D eigenvalue weighted by Crippen LogP contribution is 2.23. The van der Waals surface area contributed by atoms with E-state index in [4.69, 9.17) is 0 Å². The molecule has 0 saturated heterocycles. The zero-order valence-electron chi connectivity index (χ0n) is 12.6. The first-order valence-electron chi connectivity index (χ1n) is 7.36. The van der Waals surface area contributed by atoms with Gasteiger partial charge in [0.1, 0.15) is 0 Å². The van der Waals surface area contributed by atoms with Gasteiger partial charge in [0.25, 0.3) is 5.56 Å². The molecule has 1 aromatic carbocycles. The van der Waals surface area contributed by atoms with Crippen LogP contribution in [-0.4, -0.2) is 24.4 Å². The van der Waals surface area contributed by atoms with Crippen molar-refractivity contribution in [3.05, 3.63) is 76.5 Å². The topological polar surface area (TPSA) is 68.0 Å². The Bertz CT molecular complexity index is 1010. The van der Waals surface area contributed by atoms with Crippen LogP contribution in [0.15, 0.2) is 59.7 Å². The minimum absolute atomic E-state index is 0.123. The lowest BCUT2D eigenvalue weighted by atomic mass is 10.1. The molecular weight excluding hydrogens is 290 g/mol. The molecule has 6 nitrogen and oxygen atoms in total. The molecule has 0 aliphatic carbocycles. The van der Waals surface area contributed by atoms with E-state index in [1.165, 1.54) is 4.52 Å². The summed E-state index contributed by atoms with van der Waals surface area (Å²) >= 11 is 0. The predicted molar refractivity (Wildman–Crippen MR) is 87.3 cm³/mol. The van der Waals surface area contributed by atoms with Gasteiger partial charge < -0.3 is 0 Å². The van der Waals surface area contributed by atoms with Crippen LogP contribution in [0.2, 0.25) is 0 Å². The normalized spacial score (nSPS) is 11.2. The Hall–Kier alpha value is -3.15. The van der Waals surface area contributed by atoms with Gasteiger partial charge in [-0.15, -0.1) is 0 Å². The van der Waals surface area contributed by atoms with E-state index in [0.717, 1.165) is 16.8 Å². The zero-order valence-corrected chi connectivity index (χ0v) is 12.6. The molecule has 0 fully saturated rings. The van der Waals surface area contributed by atoms with Crippen LogP contribution in [0, 0.1) is 6.92 Å². The van der Waals surface area contributed by atoms with Crippen LogP contribution in [0.1, 0.15) is 11.3 Å². The quantitative estimate of drug-likeness (QED) is 0.631. The van der Waals surface area contributed by atoms with Crippen molar-refractivity contribution in [2.75, 3.05) is 0 Å². The molecule has 4 rings (SSSR count). The standard InChI is InChI=1S/C17H15N5O/c1-12-16(13-6-3-2-4-7-13)20-22-15(23)10-14(19-17(12)22)11-21-9-5-8-18-21/h2-10,20H,11H2,1H3. The molecule has 4 aromatic rings. The molecule has 1 N–H and O–H groups in total. The molecule has 0 radical (unpaired) electrons. The smallest absolute Gasteiger partial charge is 0.272 e. The molecule has 0 unspecified atom stereocenters. The van der Waals surface area contributed by atoms with Gasteiger partial charge >= 0.3 is 0 Å². The van der Waals surface area contributed by atoms with E-state index >= 15 is 0 Å². The average Bonchev–Trinajstić information content (AvgIpc) is 3.17. The highest BCUT2D eigenvalue weighted by atomic mass is 16.1. The van der Waals surface area contributed by atoms with Gasteiger partial charge in [-0.3, -0.25) is 14.6 Å². The van der Waals surface area contributed by atoms with Gasteiger partial charge in [-0.05, 0) is 18.6 Å². The van der Waals surface area contributed by atoms with Crippen LogP contribution >= 0.6 is 0 Å². The molecule has 3 aromatic heterocycles. The molecule has 6 heteroatoms. The Morgan fingerprint density at radius 1 is 1.17 bits per heavy atom. The van der Waals surface area contributed by atoms with Crippen molar-refractivity contribution in [2.45, 2.75) is 13.5 Å². The molecule has 0 aliphatic rings. The summed E-state index contributed by atoms with van der Waals surface area (Å²) in [6.07, 6.45) is 3.56. The van der Waals surface area contributed by atoms with Gasteiger partial charge in [0, 0.05) is 24.0 Å². The molecule has 0 aliphatic heterocycles. The van der Waals surface area contributed by atoms with E-state index in [2.05, 4.69) is 15.2 Å². The third-order valence-corrected chi connectivity index (χ3v) is 3.85. The van der Waals surface area contributed by atoms with E-state index in [0.29, 0.717) is 17.9 Å². The number of hydrogen-bond acceptors (Lipinski definition) is 3. The lowest BCUT2D eigenvalue weighted by Gasteiger charge is -2.01. The number of aryl methyl sites for hydroxylation is 1. The second-order valence-corrected chi connectivity index (χ2v) is 5.43. The highest BCUT2D eigenvalue weighted by Gasteiger charge is 2.13. The second kappa shape index (κ2) is 5.24. The van der Waals surface area contributed by atoms with Crippen molar-refractivity contribution in [3.8, 4) is 11.3 Å². The SMILES string of the molecule is Cc1c(-c2ccccc2)[nH]n2c(=O)cc(Cn3cccn3)nc12. The van der Waals surface area contributed by atoms with E-state index in [1.54, 1.807) is 16.9 Å². The van der Waals surface area contributed by atoms with Crippen LogP contribution < -0.4 is 5.56 Å². The fraction of sp³-hybridized carbons (Fsp3) is 0.118. The van der Waals surface area contributed by atoms with Crippen molar-refractivity contribution in [3.63, 3.8) is 0 Å². The first-order chi connectivity index (χ1) is 11.2. The summed E-state index contributed by atoms with van der Waals surface area (Å²) in [5.41, 5.74) is 4.12. The number of aromatic amines is 1. The van der Waals surface area contributed by atoms with Gasteiger partial charge in [-0.2, -0.15) is 5.10 Å². The Balaban J connectivity index is 1.86. The Labute approximate surface area is 132 Å². The van der Waals surface area contributed by atoms with Gasteiger partial charge in [0.15, 0.2) is 5.65 Å². The Morgan fingerprint density at radius 2 is 2.00 bits per heavy atom. The van der Waals surface area contributed by atoms with E-state index in [1.807, 2.05) is 49.5 Å². The summed E-state index contributed by atoms with van der Waals surface area (Å²) in [6.45, 7) is 2.45. The summed E-state index contributed by atoms with van der Waals surface area (Å²) < 4.78 is 3.24. The fourth-order valence-corrected chi connectivity index (χ4v) is 2.72. The van der Waals surface area contributed by atoms with Crippen molar-refractivity contribution >= 4 is 5.65 Å². The molecule has 23 heavy (non-hydrogen) atoms. The number of H-pyrrole nitrogens is 1. The maximum absolute atomic E-state index is 12.4. The predicted octanol–water partition coefficient (Wildman–Crippen LogP) is 2.24. The lowest BCUT2D eigenvalue weighted by molar-refractivity contribution is 0.669. The molecule has 0 spiro atoms. The molecule has 0 atom stereocenters. The minimum Gasteiger partial charge on any atom is -0.289 e. The number of benzene rings is 1. The maximum Gasteiger partial charge on any atom is 0.272 e. The van der Waals surface area contributed by atoms with Crippen molar-refractivity contribution in [1.29, 1.82) is 0 Å². The van der Waals surface area contributed by atoms with Crippen LogP contribution in [0.25, 0.3) is 16.9 Å². The third kappa shape index (κ3) is 2.34. The molecular formula is C17H15N5O. The van der Waals surface area contributed by atoms with Crippen molar-refractivity contribution in [2.24, 2.45) is 0 Å². The van der Waals surface area contributed by atoms with Gasteiger partial charge in [-0.1, -0.05) is 30.3 Å². The third-order valence-electron chi connectivity index (χ3n) is 3.85. The van der Waals surface area contributed by atoms with E-state index < -0.39 is 0 Å². The maximum atomic E-state index is 12.4. The number of rotatable bonds is 3. The number of hydrogen-bond donors (Lipinski definition) is 1. The van der Waals surface area contributed by atoms with Gasteiger partial charge in [-0.25, -0.2) is 9.50 Å². The fourth-order valence-electron chi connectivity index (χ4n) is 2.72. The molecule has 0 amide bonds. The largest absolute Gasteiger partial charge is 0.289 e. The van der Waals surface area contributed by atoms with Gasteiger partial charge in [0.05, 0.1) is 17.9 Å². The summed E-state index contributed by atoms with van der Waals surface area (Å²) in [4.78, 5) is 17.0.